The van der Waals surface area contributed by atoms with Crippen molar-refractivity contribution in [2.45, 2.75) is 12.5 Å². The van der Waals surface area contributed by atoms with E-state index in [0.717, 1.165) is 19.6 Å². The van der Waals surface area contributed by atoms with Crippen LogP contribution >= 0.6 is 11.3 Å². The molecule has 2 aromatic rings. The minimum Gasteiger partial charge on any atom is -0.493 e. The summed E-state index contributed by atoms with van der Waals surface area (Å²) < 4.78 is 16.2. The number of thiophene rings is 1. The zero-order valence-corrected chi connectivity index (χ0v) is 19.6. The Labute approximate surface area is 197 Å². The molecule has 0 radical (unpaired) electrons. The number of hydrogen-bond donors (Lipinski definition) is 0. The Balaban J connectivity index is 1.64. The summed E-state index contributed by atoms with van der Waals surface area (Å²) >= 11 is 1.28. The summed E-state index contributed by atoms with van der Waals surface area (Å²) in [6.07, 6.45) is 0.697. The molecule has 0 aliphatic carbocycles. The molecule has 33 heavy (non-hydrogen) atoms. The third kappa shape index (κ3) is 4.80. The van der Waals surface area contributed by atoms with Gasteiger partial charge < -0.3 is 19.1 Å². The molecule has 0 N–H and O–H groups in total. The van der Waals surface area contributed by atoms with Crippen molar-refractivity contribution < 1.29 is 28.6 Å². The maximum Gasteiger partial charge on any atom is 0.291 e. The number of hydrogen-bond acceptors (Lipinski definition) is 8. The van der Waals surface area contributed by atoms with Crippen LogP contribution in [0.4, 0.5) is 0 Å². The quantitative estimate of drug-likeness (QED) is 0.315. The van der Waals surface area contributed by atoms with Crippen LogP contribution in [0.5, 0.6) is 11.5 Å². The topological polar surface area (TPSA) is 85.4 Å². The maximum absolute atomic E-state index is 13.3. The van der Waals surface area contributed by atoms with Gasteiger partial charge in [0.1, 0.15) is 5.92 Å². The first-order valence-electron chi connectivity index (χ1n) is 11.0. The zero-order chi connectivity index (χ0) is 23.4. The Morgan fingerprint density at radius 3 is 2.52 bits per heavy atom. The molecule has 4 rings (SSSR count). The van der Waals surface area contributed by atoms with Crippen LogP contribution in [0.1, 0.15) is 27.7 Å². The van der Waals surface area contributed by atoms with E-state index in [-0.39, 0.29) is 5.78 Å². The fourth-order valence-electron chi connectivity index (χ4n) is 4.50. The molecule has 9 heteroatoms. The Hall–Kier alpha value is -2.75. The number of methoxy groups -OCH3 is 2. The number of Topliss-reactive ketones (excluding diaryl/α,β-unsaturated/α-hetero) is 2. The predicted octanol–water partition coefficient (Wildman–Crippen LogP) is 2.44. The summed E-state index contributed by atoms with van der Waals surface area (Å²) in [4.78, 5) is 43.8. The summed E-state index contributed by atoms with van der Waals surface area (Å²) in [5.41, 5.74) is 0.674. The van der Waals surface area contributed by atoms with E-state index in [9.17, 15) is 14.4 Å². The van der Waals surface area contributed by atoms with Crippen molar-refractivity contribution in [1.29, 1.82) is 0 Å². The summed E-state index contributed by atoms with van der Waals surface area (Å²) in [5, 5.41) is 1.79. The zero-order valence-electron chi connectivity index (χ0n) is 18.8. The molecule has 1 aromatic carbocycles. The van der Waals surface area contributed by atoms with Gasteiger partial charge in [0.25, 0.3) is 5.91 Å². The van der Waals surface area contributed by atoms with Crippen molar-refractivity contribution >= 4 is 28.8 Å². The van der Waals surface area contributed by atoms with Crippen molar-refractivity contribution in [2.75, 3.05) is 53.6 Å². The van der Waals surface area contributed by atoms with Crippen LogP contribution in [0.15, 0.2) is 35.7 Å². The SMILES string of the molecule is COc1ccc(C2C(C(=O)c3cccs3)C(=O)C(=O)N2CCCN2CCOCC2)cc1OC. The highest BCUT2D eigenvalue weighted by Crippen LogP contribution is 2.41. The third-order valence-electron chi connectivity index (χ3n) is 6.18. The number of amides is 1. The van der Waals surface area contributed by atoms with Crippen molar-refractivity contribution in [1.82, 2.24) is 9.80 Å². The minimum atomic E-state index is -1.09. The smallest absolute Gasteiger partial charge is 0.291 e. The van der Waals surface area contributed by atoms with Gasteiger partial charge in [0.05, 0.1) is 38.4 Å². The minimum absolute atomic E-state index is 0.321. The van der Waals surface area contributed by atoms with Crippen LogP contribution in [0, 0.1) is 5.92 Å². The van der Waals surface area contributed by atoms with Gasteiger partial charge in [-0.3, -0.25) is 19.3 Å². The average molecular weight is 473 g/mol. The third-order valence-corrected chi connectivity index (χ3v) is 7.06. The monoisotopic (exact) mass is 472 g/mol. The molecular formula is C24H28N2O6S. The van der Waals surface area contributed by atoms with Crippen LogP contribution in [-0.4, -0.2) is 80.9 Å². The summed E-state index contributed by atoms with van der Waals surface area (Å²) in [6, 6.07) is 8.05. The van der Waals surface area contributed by atoms with Gasteiger partial charge in [-0.15, -0.1) is 11.3 Å². The van der Waals surface area contributed by atoms with Gasteiger partial charge in [0, 0.05) is 26.2 Å². The van der Waals surface area contributed by atoms with Crippen LogP contribution < -0.4 is 9.47 Å². The number of ether oxygens (including phenoxy) is 3. The summed E-state index contributed by atoms with van der Waals surface area (Å²) in [6.45, 7) is 4.29. The van der Waals surface area contributed by atoms with E-state index in [1.54, 1.807) is 47.7 Å². The van der Waals surface area contributed by atoms with Gasteiger partial charge >= 0.3 is 0 Å². The second-order valence-corrected chi connectivity index (χ2v) is 9.00. The average Bonchev–Trinajstić information content (AvgIpc) is 3.47. The van der Waals surface area contributed by atoms with E-state index in [1.165, 1.54) is 18.4 Å². The largest absolute Gasteiger partial charge is 0.493 e. The number of morpholine rings is 1. The highest BCUT2D eigenvalue weighted by Gasteiger charge is 2.51. The van der Waals surface area contributed by atoms with E-state index in [1.807, 2.05) is 0 Å². The van der Waals surface area contributed by atoms with Crippen molar-refractivity contribution in [3.63, 3.8) is 0 Å². The second kappa shape index (κ2) is 10.5. The van der Waals surface area contributed by atoms with Gasteiger partial charge in [0.2, 0.25) is 5.78 Å². The van der Waals surface area contributed by atoms with Gasteiger partial charge in [-0.1, -0.05) is 12.1 Å². The Bertz CT molecular complexity index is 1000. The number of likely N-dealkylation sites (tertiary alicyclic amines) is 1. The molecule has 2 saturated heterocycles. The first-order valence-corrected chi connectivity index (χ1v) is 11.9. The molecule has 2 aliphatic rings. The number of ketones is 2. The number of carbonyl (C=O) groups is 3. The lowest BCUT2D eigenvalue weighted by atomic mass is 9.88. The fraction of sp³-hybridized carbons (Fsp3) is 0.458. The first-order chi connectivity index (χ1) is 16.0. The molecule has 176 valence electrons. The molecule has 0 bridgehead atoms. The Kier molecular flexibility index (Phi) is 7.42. The van der Waals surface area contributed by atoms with Crippen LogP contribution in [-0.2, 0) is 14.3 Å². The molecule has 2 atom stereocenters. The molecule has 0 saturated carbocycles. The lowest BCUT2D eigenvalue weighted by molar-refractivity contribution is -0.140. The summed E-state index contributed by atoms with van der Waals surface area (Å²) in [5.74, 6) is -1.64. The number of benzene rings is 1. The van der Waals surface area contributed by atoms with E-state index < -0.39 is 23.7 Å². The molecule has 2 fully saturated rings. The van der Waals surface area contributed by atoms with E-state index in [0.29, 0.717) is 48.1 Å². The fourth-order valence-corrected chi connectivity index (χ4v) is 5.20. The molecule has 2 aliphatic heterocycles. The molecule has 1 amide bonds. The molecule has 2 unspecified atom stereocenters. The van der Waals surface area contributed by atoms with E-state index in [4.69, 9.17) is 14.2 Å². The highest BCUT2D eigenvalue weighted by atomic mass is 32.1. The Morgan fingerprint density at radius 1 is 1.09 bits per heavy atom. The first kappa shape index (κ1) is 23.4. The molecular weight excluding hydrogens is 444 g/mol. The molecule has 1 aromatic heterocycles. The second-order valence-electron chi connectivity index (χ2n) is 8.05. The van der Waals surface area contributed by atoms with Crippen LogP contribution in [0.3, 0.4) is 0 Å². The Morgan fingerprint density at radius 2 is 1.85 bits per heavy atom. The highest BCUT2D eigenvalue weighted by molar-refractivity contribution is 7.12. The maximum atomic E-state index is 13.3. The van der Waals surface area contributed by atoms with Crippen molar-refractivity contribution in [2.24, 2.45) is 5.92 Å². The lowest BCUT2D eigenvalue weighted by Gasteiger charge is -2.30. The van der Waals surface area contributed by atoms with Gasteiger partial charge in [-0.05, 0) is 35.6 Å². The summed E-state index contributed by atoms with van der Waals surface area (Å²) in [7, 11) is 3.07. The van der Waals surface area contributed by atoms with Crippen molar-refractivity contribution in [3.8, 4) is 11.5 Å². The van der Waals surface area contributed by atoms with Crippen molar-refractivity contribution in [3.05, 3.63) is 46.2 Å². The van der Waals surface area contributed by atoms with Gasteiger partial charge in [-0.25, -0.2) is 0 Å². The lowest BCUT2D eigenvalue weighted by Crippen LogP contribution is -2.39. The standard InChI is InChI=1S/C24H28N2O6S/c1-30-17-7-6-16(15-18(17)31-2)21-20(22(27)19-5-3-14-33-19)23(28)24(29)26(21)9-4-8-25-10-12-32-13-11-25/h3,5-7,14-15,20-21H,4,8-13H2,1-2H3. The normalized spacial score (nSPS) is 21.5. The van der Waals surface area contributed by atoms with Crippen LogP contribution in [0.2, 0.25) is 0 Å². The molecule has 8 nitrogen and oxygen atoms in total. The van der Waals surface area contributed by atoms with E-state index in [2.05, 4.69) is 4.90 Å². The van der Waals surface area contributed by atoms with Gasteiger partial charge in [0.15, 0.2) is 17.3 Å². The molecule has 0 spiro atoms. The predicted molar refractivity (Wildman–Crippen MR) is 123 cm³/mol. The number of carbonyl (C=O) groups excluding carboxylic acids is 3. The number of nitrogens with zero attached hydrogens (tertiary/aromatic N) is 2. The molecule has 3 heterocycles. The van der Waals surface area contributed by atoms with Gasteiger partial charge in [-0.2, -0.15) is 0 Å². The van der Waals surface area contributed by atoms with E-state index >= 15 is 0 Å². The van der Waals surface area contributed by atoms with Crippen LogP contribution in [0.25, 0.3) is 0 Å². The number of rotatable bonds is 9.